The third kappa shape index (κ3) is 3.24. The molecular formula is C20H19NO2. The molecule has 3 rings (SSSR count). The number of rotatable bonds is 5. The van der Waals surface area contributed by atoms with Crippen molar-refractivity contribution in [1.29, 1.82) is 0 Å². The van der Waals surface area contributed by atoms with Crippen molar-refractivity contribution in [2.45, 2.75) is 25.7 Å². The van der Waals surface area contributed by atoms with Gasteiger partial charge >= 0.3 is 0 Å². The number of para-hydroxylation sites is 1. The summed E-state index contributed by atoms with van der Waals surface area (Å²) >= 11 is 0. The molecule has 1 aliphatic heterocycles. The number of fused-ring (bicyclic) bond motifs is 1. The van der Waals surface area contributed by atoms with Crippen molar-refractivity contribution in [2.75, 3.05) is 5.32 Å². The van der Waals surface area contributed by atoms with Gasteiger partial charge in [-0.05, 0) is 35.3 Å². The largest absolute Gasteiger partial charge is 0.325 e. The second kappa shape index (κ2) is 6.61. The number of ketones is 1. The summed E-state index contributed by atoms with van der Waals surface area (Å²) < 4.78 is 0. The predicted molar refractivity (Wildman–Crippen MR) is 92.1 cm³/mol. The SMILES string of the molecule is CC/C(=C\c1ccccc1)C(=O)CC1C(=O)Nc2ccccc21. The van der Waals surface area contributed by atoms with Crippen LogP contribution in [0.4, 0.5) is 5.69 Å². The third-order valence-corrected chi connectivity index (χ3v) is 4.18. The van der Waals surface area contributed by atoms with E-state index in [4.69, 9.17) is 0 Å². The highest BCUT2D eigenvalue weighted by Gasteiger charge is 2.32. The number of carbonyl (C=O) groups is 2. The fraction of sp³-hybridized carbons (Fsp3) is 0.200. The molecule has 0 saturated carbocycles. The number of amides is 1. The monoisotopic (exact) mass is 305 g/mol. The van der Waals surface area contributed by atoms with E-state index in [2.05, 4.69) is 5.32 Å². The van der Waals surface area contributed by atoms with E-state index in [1.165, 1.54) is 0 Å². The maximum Gasteiger partial charge on any atom is 0.232 e. The van der Waals surface area contributed by atoms with Crippen molar-refractivity contribution in [3.05, 3.63) is 71.3 Å². The van der Waals surface area contributed by atoms with E-state index in [1.807, 2.05) is 67.6 Å². The van der Waals surface area contributed by atoms with Crippen molar-refractivity contribution in [2.24, 2.45) is 0 Å². The molecule has 1 atom stereocenters. The number of hydrogen-bond donors (Lipinski definition) is 1. The topological polar surface area (TPSA) is 46.2 Å². The first-order valence-electron chi connectivity index (χ1n) is 7.87. The number of nitrogens with one attached hydrogen (secondary N) is 1. The van der Waals surface area contributed by atoms with Crippen LogP contribution < -0.4 is 5.32 Å². The summed E-state index contributed by atoms with van der Waals surface area (Å²) in [6.45, 7) is 1.97. The van der Waals surface area contributed by atoms with Crippen LogP contribution in [0.5, 0.6) is 0 Å². The lowest BCUT2D eigenvalue weighted by Gasteiger charge is -2.10. The molecule has 0 fully saturated rings. The number of benzene rings is 2. The maximum absolute atomic E-state index is 12.6. The van der Waals surface area contributed by atoms with Crippen LogP contribution in [0.2, 0.25) is 0 Å². The van der Waals surface area contributed by atoms with Crippen LogP contribution in [0, 0.1) is 0 Å². The van der Waals surface area contributed by atoms with E-state index < -0.39 is 0 Å². The van der Waals surface area contributed by atoms with E-state index in [0.29, 0.717) is 6.42 Å². The van der Waals surface area contributed by atoms with Gasteiger partial charge in [-0.25, -0.2) is 0 Å². The Balaban J connectivity index is 1.81. The van der Waals surface area contributed by atoms with Gasteiger partial charge in [-0.15, -0.1) is 0 Å². The fourth-order valence-corrected chi connectivity index (χ4v) is 2.93. The van der Waals surface area contributed by atoms with Gasteiger partial charge in [0.15, 0.2) is 5.78 Å². The van der Waals surface area contributed by atoms with Crippen LogP contribution >= 0.6 is 0 Å². The summed E-state index contributed by atoms with van der Waals surface area (Å²) in [6.07, 6.45) is 2.79. The number of Topliss-reactive ketones (excluding diaryl/α,β-unsaturated/α-hetero) is 1. The van der Waals surface area contributed by atoms with Crippen LogP contribution in [0.1, 0.15) is 36.8 Å². The normalized spacial score (nSPS) is 16.8. The zero-order valence-electron chi connectivity index (χ0n) is 13.1. The van der Waals surface area contributed by atoms with Crippen molar-refractivity contribution in [1.82, 2.24) is 0 Å². The average molecular weight is 305 g/mol. The average Bonchev–Trinajstić information content (AvgIpc) is 2.89. The molecule has 2 aromatic rings. The molecular weight excluding hydrogens is 286 g/mol. The minimum atomic E-state index is -0.385. The van der Waals surface area contributed by atoms with Crippen LogP contribution in [0.15, 0.2) is 60.2 Å². The van der Waals surface area contributed by atoms with E-state index in [-0.39, 0.29) is 24.0 Å². The molecule has 1 heterocycles. The summed E-state index contributed by atoms with van der Waals surface area (Å²) in [7, 11) is 0. The van der Waals surface area contributed by atoms with Crippen molar-refractivity contribution in [3.8, 4) is 0 Å². The molecule has 0 bridgehead atoms. The van der Waals surface area contributed by atoms with Gasteiger partial charge in [0.05, 0.1) is 5.92 Å². The van der Waals surface area contributed by atoms with Gasteiger partial charge in [-0.3, -0.25) is 9.59 Å². The van der Waals surface area contributed by atoms with E-state index >= 15 is 0 Å². The highest BCUT2D eigenvalue weighted by atomic mass is 16.2. The quantitative estimate of drug-likeness (QED) is 0.842. The Bertz CT molecular complexity index is 762. The molecule has 1 unspecified atom stereocenters. The smallest absolute Gasteiger partial charge is 0.232 e. The molecule has 3 heteroatoms. The summed E-state index contributed by atoms with van der Waals surface area (Å²) in [5.74, 6) is -0.438. The summed E-state index contributed by atoms with van der Waals surface area (Å²) in [6, 6.07) is 17.4. The first-order valence-corrected chi connectivity index (χ1v) is 7.87. The van der Waals surface area contributed by atoms with E-state index in [9.17, 15) is 9.59 Å². The predicted octanol–water partition coefficient (Wildman–Crippen LogP) is 4.18. The van der Waals surface area contributed by atoms with Gasteiger partial charge in [0.25, 0.3) is 0 Å². The Labute approximate surface area is 136 Å². The van der Waals surface area contributed by atoms with Gasteiger partial charge in [0, 0.05) is 12.1 Å². The molecule has 1 amide bonds. The second-order valence-corrected chi connectivity index (χ2v) is 5.69. The minimum absolute atomic E-state index is 0.0354. The molecule has 2 aromatic carbocycles. The molecule has 0 radical (unpaired) electrons. The Kier molecular flexibility index (Phi) is 4.38. The lowest BCUT2D eigenvalue weighted by Crippen LogP contribution is -2.16. The Morgan fingerprint density at radius 3 is 2.52 bits per heavy atom. The summed E-state index contributed by atoms with van der Waals surface area (Å²) in [5.41, 5.74) is 3.50. The fourth-order valence-electron chi connectivity index (χ4n) is 2.93. The molecule has 116 valence electrons. The van der Waals surface area contributed by atoms with E-state index in [0.717, 1.165) is 22.4 Å². The third-order valence-electron chi connectivity index (χ3n) is 4.18. The van der Waals surface area contributed by atoms with Crippen LogP contribution in [-0.2, 0) is 9.59 Å². The van der Waals surface area contributed by atoms with Gasteiger partial charge in [0.2, 0.25) is 5.91 Å². The maximum atomic E-state index is 12.6. The number of allylic oxidation sites excluding steroid dienone is 1. The van der Waals surface area contributed by atoms with Gasteiger partial charge < -0.3 is 5.32 Å². The lowest BCUT2D eigenvalue weighted by molar-refractivity contribution is -0.121. The van der Waals surface area contributed by atoms with Gasteiger partial charge in [0.1, 0.15) is 0 Å². The van der Waals surface area contributed by atoms with Gasteiger partial charge in [-0.1, -0.05) is 55.5 Å². The Morgan fingerprint density at radius 2 is 1.78 bits per heavy atom. The van der Waals surface area contributed by atoms with Crippen molar-refractivity contribution >= 4 is 23.5 Å². The molecule has 0 aromatic heterocycles. The van der Waals surface area contributed by atoms with Crippen LogP contribution in [0.3, 0.4) is 0 Å². The first kappa shape index (κ1) is 15.2. The number of carbonyl (C=O) groups excluding carboxylic acids is 2. The lowest BCUT2D eigenvalue weighted by atomic mass is 9.91. The Morgan fingerprint density at radius 1 is 1.09 bits per heavy atom. The van der Waals surface area contributed by atoms with Crippen LogP contribution in [0.25, 0.3) is 6.08 Å². The molecule has 0 spiro atoms. The first-order chi connectivity index (χ1) is 11.2. The molecule has 0 saturated heterocycles. The number of anilines is 1. The summed E-state index contributed by atoms with van der Waals surface area (Å²) in [4.78, 5) is 24.8. The minimum Gasteiger partial charge on any atom is -0.325 e. The zero-order valence-corrected chi connectivity index (χ0v) is 13.1. The number of hydrogen-bond acceptors (Lipinski definition) is 2. The molecule has 23 heavy (non-hydrogen) atoms. The second-order valence-electron chi connectivity index (χ2n) is 5.69. The molecule has 3 nitrogen and oxygen atoms in total. The van der Waals surface area contributed by atoms with Crippen molar-refractivity contribution < 1.29 is 9.59 Å². The van der Waals surface area contributed by atoms with E-state index in [1.54, 1.807) is 0 Å². The molecule has 1 aliphatic rings. The zero-order chi connectivity index (χ0) is 16.2. The van der Waals surface area contributed by atoms with Crippen LogP contribution in [-0.4, -0.2) is 11.7 Å². The molecule has 1 N–H and O–H groups in total. The highest BCUT2D eigenvalue weighted by molar-refractivity contribution is 6.08. The molecule has 0 aliphatic carbocycles. The highest BCUT2D eigenvalue weighted by Crippen LogP contribution is 2.35. The summed E-state index contributed by atoms with van der Waals surface area (Å²) in [5, 5.41) is 2.85. The van der Waals surface area contributed by atoms with Gasteiger partial charge in [-0.2, -0.15) is 0 Å². The standard InChI is InChI=1S/C20H19NO2/c1-2-15(12-14-8-4-3-5-9-14)19(22)13-17-16-10-6-7-11-18(16)21-20(17)23/h3-12,17H,2,13H2,1H3,(H,21,23)/b15-12+. The van der Waals surface area contributed by atoms with Crippen molar-refractivity contribution in [3.63, 3.8) is 0 Å². The Hall–Kier alpha value is -2.68.